The average Bonchev–Trinajstić information content (AvgIpc) is 2.99. The molecule has 0 unspecified atom stereocenters. The zero-order chi connectivity index (χ0) is 16.7. The van der Waals surface area contributed by atoms with E-state index in [9.17, 15) is 13.6 Å². The van der Waals surface area contributed by atoms with E-state index < -0.39 is 5.92 Å². The summed E-state index contributed by atoms with van der Waals surface area (Å²) < 4.78 is 28.8. The van der Waals surface area contributed by atoms with Crippen molar-refractivity contribution in [1.82, 2.24) is 9.78 Å². The van der Waals surface area contributed by atoms with Crippen molar-refractivity contribution in [2.24, 2.45) is 0 Å². The molecule has 0 radical (unpaired) electrons. The highest BCUT2D eigenvalue weighted by atomic mass is 19.1. The Kier molecular flexibility index (Phi) is 3.37. The van der Waals surface area contributed by atoms with E-state index in [0.717, 1.165) is 5.56 Å². The van der Waals surface area contributed by atoms with Crippen molar-refractivity contribution >= 4 is 11.7 Å². The molecule has 0 aliphatic carbocycles. The van der Waals surface area contributed by atoms with Gasteiger partial charge in [0.25, 0.3) is 0 Å². The Bertz CT molecular complexity index is 918. The molecule has 2 aromatic carbocycles. The van der Waals surface area contributed by atoms with E-state index in [1.165, 1.54) is 22.9 Å². The van der Waals surface area contributed by atoms with Crippen LogP contribution in [0.5, 0.6) is 0 Å². The highest BCUT2D eigenvalue weighted by Crippen LogP contribution is 2.38. The van der Waals surface area contributed by atoms with Crippen molar-refractivity contribution < 1.29 is 13.6 Å². The standard InChI is InChI=1S/C18H13F2N3O/c19-11-5-7-12(8-6-11)23-18-15(10-21-23)14(9-17(24)22-18)13-3-1-2-4-16(13)20/h1-8,10,14H,9H2,(H,22,24)/t14-/m0/s1. The van der Waals surface area contributed by atoms with E-state index in [0.29, 0.717) is 17.1 Å². The molecule has 4 rings (SSSR count). The Hall–Kier alpha value is -3.02. The molecule has 0 spiro atoms. The number of rotatable bonds is 2. The van der Waals surface area contributed by atoms with Crippen LogP contribution in [0.15, 0.2) is 54.7 Å². The van der Waals surface area contributed by atoms with Crippen LogP contribution in [0.2, 0.25) is 0 Å². The second-order valence-corrected chi connectivity index (χ2v) is 5.66. The minimum atomic E-state index is -0.399. The predicted octanol–water partition coefficient (Wildman–Crippen LogP) is 3.62. The maximum Gasteiger partial charge on any atom is 0.226 e. The maximum absolute atomic E-state index is 14.2. The molecule has 1 aliphatic heterocycles. The number of hydrogen-bond acceptors (Lipinski definition) is 2. The predicted molar refractivity (Wildman–Crippen MR) is 85.0 cm³/mol. The highest BCUT2D eigenvalue weighted by molar-refractivity contribution is 5.94. The zero-order valence-electron chi connectivity index (χ0n) is 12.5. The van der Waals surface area contributed by atoms with Gasteiger partial charge >= 0.3 is 0 Å². The SMILES string of the molecule is O=C1C[C@@H](c2ccccc2F)c2cnn(-c3ccc(F)cc3)c2N1. The smallest absolute Gasteiger partial charge is 0.226 e. The van der Waals surface area contributed by atoms with Gasteiger partial charge in [0.15, 0.2) is 0 Å². The van der Waals surface area contributed by atoms with E-state index in [2.05, 4.69) is 10.4 Å². The van der Waals surface area contributed by atoms with Gasteiger partial charge in [-0.15, -0.1) is 0 Å². The van der Waals surface area contributed by atoms with Crippen LogP contribution < -0.4 is 5.32 Å². The summed E-state index contributed by atoms with van der Waals surface area (Å²) in [7, 11) is 0. The zero-order valence-corrected chi connectivity index (χ0v) is 12.5. The molecule has 1 aliphatic rings. The molecular formula is C18H13F2N3O. The quantitative estimate of drug-likeness (QED) is 0.782. The molecule has 6 heteroatoms. The number of aromatic nitrogens is 2. The van der Waals surface area contributed by atoms with Crippen LogP contribution in [0.1, 0.15) is 23.5 Å². The number of carbonyl (C=O) groups is 1. The van der Waals surface area contributed by atoms with E-state index in [1.807, 2.05) is 0 Å². The third kappa shape index (κ3) is 2.36. The Morgan fingerprint density at radius 2 is 1.79 bits per heavy atom. The van der Waals surface area contributed by atoms with Crippen molar-refractivity contribution in [2.75, 3.05) is 5.32 Å². The third-order valence-corrected chi connectivity index (χ3v) is 4.17. The second kappa shape index (κ2) is 5.56. The van der Waals surface area contributed by atoms with Gasteiger partial charge in [-0.2, -0.15) is 5.10 Å². The van der Waals surface area contributed by atoms with Crippen LogP contribution in [0, 0.1) is 11.6 Å². The van der Waals surface area contributed by atoms with Gasteiger partial charge in [-0.25, -0.2) is 13.5 Å². The number of fused-ring (bicyclic) bond motifs is 1. The van der Waals surface area contributed by atoms with Gasteiger partial charge in [0, 0.05) is 17.9 Å². The Balaban J connectivity index is 1.83. The molecule has 0 bridgehead atoms. The number of carbonyl (C=O) groups excluding carboxylic acids is 1. The van der Waals surface area contributed by atoms with E-state index >= 15 is 0 Å². The molecular weight excluding hydrogens is 312 g/mol. The Morgan fingerprint density at radius 1 is 1.04 bits per heavy atom. The minimum absolute atomic E-state index is 0.156. The molecule has 0 saturated carbocycles. The lowest BCUT2D eigenvalue weighted by Gasteiger charge is -2.24. The molecule has 0 fully saturated rings. The number of hydrogen-bond donors (Lipinski definition) is 1. The van der Waals surface area contributed by atoms with Crippen LogP contribution in [-0.4, -0.2) is 15.7 Å². The fraction of sp³-hybridized carbons (Fsp3) is 0.111. The van der Waals surface area contributed by atoms with Gasteiger partial charge in [0.2, 0.25) is 5.91 Å². The lowest BCUT2D eigenvalue weighted by molar-refractivity contribution is -0.116. The van der Waals surface area contributed by atoms with Crippen molar-refractivity contribution in [3.05, 3.63) is 77.5 Å². The lowest BCUT2D eigenvalue weighted by atomic mass is 9.87. The summed E-state index contributed by atoms with van der Waals surface area (Å²) in [6, 6.07) is 12.2. The average molecular weight is 325 g/mol. The Labute approximate surface area is 136 Å². The number of nitrogens with one attached hydrogen (secondary N) is 1. The monoisotopic (exact) mass is 325 g/mol. The molecule has 4 nitrogen and oxygen atoms in total. The molecule has 1 atom stereocenters. The van der Waals surface area contributed by atoms with Crippen LogP contribution >= 0.6 is 0 Å². The normalized spacial score (nSPS) is 16.6. The van der Waals surface area contributed by atoms with E-state index in [1.54, 1.807) is 36.5 Å². The molecule has 3 aromatic rings. The summed E-state index contributed by atoms with van der Waals surface area (Å²) >= 11 is 0. The van der Waals surface area contributed by atoms with Crippen molar-refractivity contribution in [3.8, 4) is 5.69 Å². The van der Waals surface area contributed by atoms with Gasteiger partial charge in [-0.3, -0.25) is 4.79 Å². The van der Waals surface area contributed by atoms with Crippen LogP contribution in [-0.2, 0) is 4.79 Å². The number of amides is 1. The largest absolute Gasteiger partial charge is 0.310 e. The third-order valence-electron chi connectivity index (χ3n) is 4.17. The second-order valence-electron chi connectivity index (χ2n) is 5.66. The first-order chi connectivity index (χ1) is 11.6. The van der Waals surface area contributed by atoms with Gasteiger partial charge in [0.1, 0.15) is 17.5 Å². The van der Waals surface area contributed by atoms with Crippen LogP contribution in [0.25, 0.3) is 5.69 Å². The molecule has 0 saturated heterocycles. The van der Waals surface area contributed by atoms with Crippen molar-refractivity contribution in [1.29, 1.82) is 0 Å². The summed E-state index contributed by atoms with van der Waals surface area (Å²) in [5.74, 6) is -0.819. The summed E-state index contributed by atoms with van der Waals surface area (Å²) in [5, 5.41) is 7.08. The number of anilines is 1. The van der Waals surface area contributed by atoms with Crippen LogP contribution in [0.3, 0.4) is 0 Å². The number of halogens is 2. The summed E-state index contributed by atoms with van der Waals surface area (Å²) in [6.07, 6.45) is 1.78. The minimum Gasteiger partial charge on any atom is -0.310 e. The summed E-state index contributed by atoms with van der Waals surface area (Å²) in [4.78, 5) is 12.1. The molecule has 1 N–H and O–H groups in total. The maximum atomic E-state index is 14.2. The number of benzene rings is 2. The van der Waals surface area contributed by atoms with Crippen LogP contribution in [0.4, 0.5) is 14.6 Å². The first kappa shape index (κ1) is 14.6. The number of nitrogens with zero attached hydrogens (tertiary/aromatic N) is 2. The first-order valence-corrected chi connectivity index (χ1v) is 7.51. The van der Waals surface area contributed by atoms with Gasteiger partial charge in [0.05, 0.1) is 11.9 Å². The fourth-order valence-corrected chi connectivity index (χ4v) is 3.03. The lowest BCUT2D eigenvalue weighted by Crippen LogP contribution is -2.25. The molecule has 120 valence electrons. The van der Waals surface area contributed by atoms with Crippen molar-refractivity contribution in [2.45, 2.75) is 12.3 Å². The molecule has 1 amide bonds. The van der Waals surface area contributed by atoms with Gasteiger partial charge in [-0.05, 0) is 35.9 Å². The summed E-state index contributed by atoms with van der Waals surface area (Å²) in [5.41, 5.74) is 1.82. The van der Waals surface area contributed by atoms with E-state index in [4.69, 9.17) is 0 Å². The molecule has 24 heavy (non-hydrogen) atoms. The summed E-state index contributed by atoms with van der Waals surface area (Å²) in [6.45, 7) is 0. The molecule has 1 aromatic heterocycles. The van der Waals surface area contributed by atoms with Gasteiger partial charge < -0.3 is 5.32 Å². The Morgan fingerprint density at radius 3 is 2.54 bits per heavy atom. The molecule has 2 heterocycles. The first-order valence-electron chi connectivity index (χ1n) is 7.51. The van der Waals surface area contributed by atoms with E-state index in [-0.39, 0.29) is 24.0 Å². The van der Waals surface area contributed by atoms with Crippen molar-refractivity contribution in [3.63, 3.8) is 0 Å². The fourth-order valence-electron chi connectivity index (χ4n) is 3.03. The van der Waals surface area contributed by atoms with Gasteiger partial charge in [-0.1, -0.05) is 18.2 Å². The topological polar surface area (TPSA) is 46.9 Å². The highest BCUT2D eigenvalue weighted by Gasteiger charge is 2.31.